The van der Waals surface area contributed by atoms with Crippen molar-refractivity contribution in [2.75, 3.05) is 0 Å². The van der Waals surface area contributed by atoms with Gasteiger partial charge in [0.15, 0.2) is 5.78 Å². The highest BCUT2D eigenvalue weighted by Gasteiger charge is 2.59. The Morgan fingerprint density at radius 3 is 2.52 bits per heavy atom. The minimum atomic E-state index is -0.929. The number of hydrogen-bond acceptors (Lipinski definition) is 2. The van der Waals surface area contributed by atoms with Crippen molar-refractivity contribution >= 4 is 27.6 Å². The van der Waals surface area contributed by atoms with Gasteiger partial charge < -0.3 is 5.32 Å². The molecule has 0 bridgehead atoms. The predicted molar refractivity (Wildman–Crippen MR) is 82.1 cm³/mol. The minimum absolute atomic E-state index is 0.00345. The van der Waals surface area contributed by atoms with Crippen LogP contribution >= 0.6 is 15.9 Å². The van der Waals surface area contributed by atoms with Crippen LogP contribution in [0.25, 0.3) is 0 Å². The maximum absolute atomic E-state index is 13.0. The van der Waals surface area contributed by atoms with Gasteiger partial charge >= 0.3 is 0 Å². The first kappa shape index (κ1) is 12.8. The van der Waals surface area contributed by atoms with Crippen LogP contribution in [-0.4, -0.2) is 11.7 Å². The molecule has 4 heteroatoms. The average Bonchev–Trinajstić information content (AvgIpc) is 2.95. The number of carbonyl (C=O) groups is 2. The minimum Gasteiger partial charge on any atom is -0.339 e. The molecule has 1 saturated heterocycles. The third-order valence-corrected chi connectivity index (χ3v) is 5.02. The summed E-state index contributed by atoms with van der Waals surface area (Å²) in [6.45, 7) is 0. The summed E-state index contributed by atoms with van der Waals surface area (Å²) in [7, 11) is 0. The number of rotatable bonds is 1. The van der Waals surface area contributed by atoms with Gasteiger partial charge in [-0.3, -0.25) is 9.59 Å². The molecule has 1 heterocycles. The van der Waals surface area contributed by atoms with E-state index in [0.29, 0.717) is 6.42 Å². The summed E-state index contributed by atoms with van der Waals surface area (Å²) in [5.41, 5.74) is 1.62. The van der Waals surface area contributed by atoms with Crippen molar-refractivity contribution in [3.8, 4) is 0 Å². The van der Waals surface area contributed by atoms with E-state index in [2.05, 4.69) is 21.2 Å². The van der Waals surface area contributed by atoms with Gasteiger partial charge in [-0.25, -0.2) is 0 Å². The number of nitrogens with one attached hydrogen (secondary N) is 1. The van der Waals surface area contributed by atoms with Gasteiger partial charge in [-0.15, -0.1) is 0 Å². The lowest BCUT2D eigenvalue weighted by atomic mass is 9.79. The summed E-state index contributed by atoms with van der Waals surface area (Å²) in [5.74, 6) is -0.183. The Kier molecular flexibility index (Phi) is 2.60. The van der Waals surface area contributed by atoms with Gasteiger partial charge in [-0.1, -0.05) is 52.3 Å². The predicted octanol–water partition coefficient (Wildman–Crippen LogP) is 3.14. The largest absolute Gasteiger partial charge is 0.339 e. The second kappa shape index (κ2) is 4.28. The van der Waals surface area contributed by atoms with Crippen molar-refractivity contribution in [1.29, 1.82) is 0 Å². The number of benzene rings is 2. The Morgan fingerprint density at radius 2 is 1.76 bits per heavy atom. The third-order valence-electron chi connectivity index (χ3n) is 4.49. The van der Waals surface area contributed by atoms with Crippen molar-refractivity contribution in [3.05, 3.63) is 69.7 Å². The third kappa shape index (κ3) is 1.59. The molecule has 21 heavy (non-hydrogen) atoms. The average molecular weight is 342 g/mol. The van der Waals surface area contributed by atoms with Crippen LogP contribution in [0, 0.1) is 0 Å². The summed E-state index contributed by atoms with van der Waals surface area (Å²) in [5, 5.41) is 2.96. The first-order chi connectivity index (χ1) is 10.1. The van der Waals surface area contributed by atoms with E-state index in [9.17, 15) is 9.59 Å². The van der Waals surface area contributed by atoms with Gasteiger partial charge in [0.05, 0.1) is 0 Å². The van der Waals surface area contributed by atoms with E-state index >= 15 is 0 Å². The van der Waals surface area contributed by atoms with Gasteiger partial charge in [0.25, 0.3) is 0 Å². The van der Waals surface area contributed by atoms with Crippen LogP contribution in [0.2, 0.25) is 0 Å². The molecule has 1 aliphatic heterocycles. The lowest BCUT2D eigenvalue weighted by Crippen LogP contribution is -2.45. The number of amides is 1. The number of ketones is 1. The molecule has 2 atom stereocenters. The van der Waals surface area contributed by atoms with Crippen LogP contribution in [0.4, 0.5) is 0 Å². The molecule has 0 unspecified atom stereocenters. The van der Waals surface area contributed by atoms with Gasteiger partial charge in [0, 0.05) is 22.4 Å². The fraction of sp³-hybridized carbons (Fsp3) is 0.176. The SMILES string of the molecule is O=C1C[C@@H]2c3ccccc3C(=O)[C@]2(c2ccc(Br)cc2)N1. The van der Waals surface area contributed by atoms with E-state index in [-0.39, 0.29) is 17.6 Å². The zero-order chi connectivity index (χ0) is 14.6. The van der Waals surface area contributed by atoms with E-state index in [4.69, 9.17) is 0 Å². The van der Waals surface area contributed by atoms with E-state index < -0.39 is 5.54 Å². The zero-order valence-electron chi connectivity index (χ0n) is 11.1. The second-order valence-electron chi connectivity index (χ2n) is 5.54. The quantitative estimate of drug-likeness (QED) is 0.865. The maximum Gasteiger partial charge on any atom is 0.221 e. The first-order valence-electron chi connectivity index (χ1n) is 6.84. The molecular formula is C17H12BrNO2. The van der Waals surface area contributed by atoms with Crippen molar-refractivity contribution in [2.24, 2.45) is 0 Å². The van der Waals surface area contributed by atoms with Crippen molar-refractivity contribution < 1.29 is 9.59 Å². The number of fused-ring (bicyclic) bond motifs is 3. The lowest BCUT2D eigenvalue weighted by molar-refractivity contribution is -0.119. The molecule has 2 aliphatic rings. The Balaban J connectivity index is 1.96. The highest BCUT2D eigenvalue weighted by molar-refractivity contribution is 9.10. The standard InChI is InChI=1S/C17H12BrNO2/c18-11-7-5-10(6-8-11)17-14(9-15(20)19-17)12-3-1-2-4-13(12)16(17)21/h1-8,14H,9H2,(H,19,20)/t14-,17-/m1/s1. The monoisotopic (exact) mass is 341 g/mol. The molecule has 1 fully saturated rings. The topological polar surface area (TPSA) is 46.2 Å². The fourth-order valence-electron chi connectivity index (χ4n) is 3.59. The van der Waals surface area contributed by atoms with Crippen LogP contribution in [0.5, 0.6) is 0 Å². The van der Waals surface area contributed by atoms with Gasteiger partial charge in [0.2, 0.25) is 5.91 Å². The normalized spacial score (nSPS) is 26.4. The van der Waals surface area contributed by atoms with Gasteiger partial charge in [0.1, 0.15) is 5.54 Å². The van der Waals surface area contributed by atoms with E-state index in [1.165, 1.54) is 0 Å². The molecule has 1 amide bonds. The molecule has 0 radical (unpaired) electrons. The number of hydrogen-bond donors (Lipinski definition) is 1. The molecule has 2 aromatic rings. The molecular weight excluding hydrogens is 330 g/mol. The Morgan fingerprint density at radius 1 is 1.05 bits per heavy atom. The molecule has 4 rings (SSSR count). The van der Waals surface area contributed by atoms with Crippen LogP contribution < -0.4 is 5.32 Å². The second-order valence-corrected chi connectivity index (χ2v) is 6.45. The van der Waals surface area contributed by atoms with Crippen molar-refractivity contribution in [3.63, 3.8) is 0 Å². The molecule has 0 aromatic heterocycles. The number of halogens is 1. The smallest absolute Gasteiger partial charge is 0.221 e. The highest BCUT2D eigenvalue weighted by atomic mass is 79.9. The number of carbonyl (C=O) groups excluding carboxylic acids is 2. The summed E-state index contributed by atoms with van der Waals surface area (Å²) in [6.07, 6.45) is 0.360. The van der Waals surface area contributed by atoms with Crippen molar-refractivity contribution in [2.45, 2.75) is 17.9 Å². The molecule has 0 spiro atoms. The molecule has 104 valence electrons. The summed E-state index contributed by atoms with van der Waals surface area (Å²) in [4.78, 5) is 25.0. The molecule has 3 nitrogen and oxygen atoms in total. The lowest BCUT2D eigenvalue weighted by Gasteiger charge is -2.28. The highest BCUT2D eigenvalue weighted by Crippen LogP contribution is 2.52. The molecule has 2 aromatic carbocycles. The van der Waals surface area contributed by atoms with Crippen LogP contribution in [-0.2, 0) is 10.3 Å². The molecule has 0 saturated carbocycles. The van der Waals surface area contributed by atoms with E-state index in [1.807, 2.05) is 48.5 Å². The zero-order valence-corrected chi connectivity index (χ0v) is 12.7. The summed E-state index contributed by atoms with van der Waals surface area (Å²) in [6, 6.07) is 15.2. The van der Waals surface area contributed by atoms with Gasteiger partial charge in [-0.05, 0) is 23.3 Å². The van der Waals surface area contributed by atoms with E-state index in [0.717, 1.165) is 21.2 Å². The Bertz CT molecular complexity index is 769. The Hall–Kier alpha value is -1.94. The number of Topliss-reactive ketones (excluding diaryl/α,β-unsaturated/α-hetero) is 1. The van der Waals surface area contributed by atoms with Crippen LogP contribution in [0.3, 0.4) is 0 Å². The van der Waals surface area contributed by atoms with Crippen molar-refractivity contribution in [1.82, 2.24) is 5.32 Å². The summed E-state index contributed by atoms with van der Waals surface area (Å²) < 4.78 is 0.950. The first-order valence-corrected chi connectivity index (χ1v) is 7.63. The van der Waals surface area contributed by atoms with E-state index in [1.54, 1.807) is 0 Å². The summed E-state index contributed by atoms with van der Waals surface area (Å²) >= 11 is 3.41. The fourth-order valence-corrected chi connectivity index (χ4v) is 3.86. The van der Waals surface area contributed by atoms with Crippen LogP contribution in [0.1, 0.15) is 33.8 Å². The molecule has 1 N–H and O–H groups in total. The molecule has 1 aliphatic carbocycles. The van der Waals surface area contributed by atoms with Crippen LogP contribution in [0.15, 0.2) is 53.0 Å². The maximum atomic E-state index is 13.0. The Labute approximate surface area is 130 Å². The van der Waals surface area contributed by atoms with Gasteiger partial charge in [-0.2, -0.15) is 0 Å².